The largest absolute Gasteiger partial charge is 0.495 e. The number of rotatable bonds is 12. The molecule has 1 heterocycles. The summed E-state index contributed by atoms with van der Waals surface area (Å²) in [6, 6.07) is 17.0. The highest BCUT2D eigenvalue weighted by Gasteiger charge is 2.30. The third kappa shape index (κ3) is 7.54. The van der Waals surface area contributed by atoms with Crippen molar-refractivity contribution in [3.63, 3.8) is 0 Å². The van der Waals surface area contributed by atoms with Crippen LogP contribution in [0.1, 0.15) is 24.8 Å². The number of sulfonamides is 2. The number of nitrogens with zero attached hydrogens (tertiary/aromatic N) is 2. The summed E-state index contributed by atoms with van der Waals surface area (Å²) in [5, 5.41) is 2.95. The van der Waals surface area contributed by atoms with E-state index in [4.69, 9.17) is 21.1 Å². The molecule has 0 radical (unpaired) electrons. The van der Waals surface area contributed by atoms with E-state index in [2.05, 4.69) is 5.32 Å². The first-order chi connectivity index (χ1) is 20.0. The molecule has 0 spiro atoms. The molecule has 1 aliphatic rings. The normalized spacial score (nSPS) is 14.3. The molecule has 4 rings (SSSR count). The van der Waals surface area contributed by atoms with Gasteiger partial charge in [0.25, 0.3) is 10.0 Å². The van der Waals surface area contributed by atoms with Crippen molar-refractivity contribution in [3.8, 4) is 11.5 Å². The van der Waals surface area contributed by atoms with Crippen molar-refractivity contribution >= 4 is 43.2 Å². The van der Waals surface area contributed by atoms with Crippen molar-refractivity contribution < 1.29 is 31.1 Å². The van der Waals surface area contributed by atoms with Gasteiger partial charge in [0.15, 0.2) is 0 Å². The minimum atomic E-state index is -4.16. The Morgan fingerprint density at radius 3 is 2.21 bits per heavy atom. The third-order valence-corrected chi connectivity index (χ3v) is 10.7. The fraction of sp³-hybridized carbons (Fsp3) is 0.345. The summed E-state index contributed by atoms with van der Waals surface area (Å²) in [5.74, 6) is 0.102. The molecular weight excluding hydrogens is 602 g/mol. The summed E-state index contributed by atoms with van der Waals surface area (Å²) >= 11 is 6.18. The summed E-state index contributed by atoms with van der Waals surface area (Å²) in [5.41, 5.74) is 1.01. The highest BCUT2D eigenvalue weighted by Crippen LogP contribution is 2.35. The van der Waals surface area contributed by atoms with E-state index in [1.165, 1.54) is 47.8 Å². The van der Waals surface area contributed by atoms with Gasteiger partial charge in [-0.25, -0.2) is 16.8 Å². The zero-order valence-corrected chi connectivity index (χ0v) is 25.8. The van der Waals surface area contributed by atoms with Gasteiger partial charge >= 0.3 is 0 Å². The Hall–Kier alpha value is -3.32. The highest BCUT2D eigenvalue weighted by molar-refractivity contribution is 7.93. The molecule has 0 saturated carbocycles. The van der Waals surface area contributed by atoms with Gasteiger partial charge in [0.1, 0.15) is 24.7 Å². The SMILES string of the molecule is COc1ccc(Cl)cc1N(CC(=O)NCCOc1ccc(S(=O)(=O)N2CCCCC2)cc1)S(=O)(=O)c1ccc(C)cc1. The Morgan fingerprint density at radius 1 is 0.929 bits per heavy atom. The average Bonchev–Trinajstić information content (AvgIpc) is 2.99. The van der Waals surface area contributed by atoms with Gasteiger partial charge in [0.05, 0.1) is 29.1 Å². The van der Waals surface area contributed by atoms with Crippen LogP contribution in [-0.4, -0.2) is 66.9 Å². The smallest absolute Gasteiger partial charge is 0.264 e. The van der Waals surface area contributed by atoms with Gasteiger partial charge in [-0.1, -0.05) is 35.7 Å². The number of hydrogen-bond donors (Lipinski definition) is 1. The molecule has 0 unspecified atom stereocenters. The minimum Gasteiger partial charge on any atom is -0.495 e. The maximum Gasteiger partial charge on any atom is 0.264 e. The molecule has 10 nitrogen and oxygen atoms in total. The fourth-order valence-corrected chi connectivity index (χ4v) is 7.61. The van der Waals surface area contributed by atoms with Gasteiger partial charge in [-0.15, -0.1) is 0 Å². The quantitative estimate of drug-likeness (QED) is 0.296. The Kier molecular flexibility index (Phi) is 10.4. The Labute approximate surface area is 252 Å². The van der Waals surface area contributed by atoms with Gasteiger partial charge in [-0.3, -0.25) is 9.10 Å². The predicted octanol–water partition coefficient (Wildman–Crippen LogP) is 4.22. The topological polar surface area (TPSA) is 122 Å². The molecule has 1 aliphatic heterocycles. The number of piperidine rings is 1. The van der Waals surface area contributed by atoms with Crippen molar-refractivity contribution in [2.75, 3.05) is 44.2 Å². The maximum absolute atomic E-state index is 13.6. The molecule has 42 heavy (non-hydrogen) atoms. The van der Waals surface area contributed by atoms with Crippen LogP contribution in [0, 0.1) is 6.92 Å². The molecule has 226 valence electrons. The summed E-state index contributed by atoms with van der Waals surface area (Å²) in [4.78, 5) is 13.2. The van der Waals surface area contributed by atoms with Crippen LogP contribution < -0.4 is 19.1 Å². The van der Waals surface area contributed by atoms with Gasteiger partial charge in [-0.05, 0) is 74.4 Å². The van der Waals surface area contributed by atoms with Crippen LogP contribution in [0.5, 0.6) is 11.5 Å². The van der Waals surface area contributed by atoms with Crippen LogP contribution in [-0.2, 0) is 24.8 Å². The molecular formula is C29H34ClN3O7S2. The molecule has 3 aromatic rings. The first kappa shape index (κ1) is 31.6. The highest BCUT2D eigenvalue weighted by atomic mass is 35.5. The molecule has 0 aliphatic carbocycles. The number of amides is 1. The Morgan fingerprint density at radius 2 is 1.57 bits per heavy atom. The maximum atomic E-state index is 13.6. The number of methoxy groups -OCH3 is 1. The molecule has 0 bridgehead atoms. The van der Waals surface area contributed by atoms with Crippen molar-refractivity contribution in [1.29, 1.82) is 0 Å². The van der Waals surface area contributed by atoms with Crippen molar-refractivity contribution in [2.45, 2.75) is 36.0 Å². The van der Waals surface area contributed by atoms with E-state index in [1.807, 2.05) is 6.92 Å². The Balaban J connectivity index is 1.40. The van der Waals surface area contributed by atoms with Gasteiger partial charge < -0.3 is 14.8 Å². The second-order valence-electron chi connectivity index (χ2n) is 9.78. The summed E-state index contributed by atoms with van der Waals surface area (Å²) < 4.78 is 66.5. The minimum absolute atomic E-state index is 0.0111. The van der Waals surface area contributed by atoms with E-state index in [1.54, 1.807) is 30.3 Å². The molecule has 1 saturated heterocycles. The van der Waals surface area contributed by atoms with Crippen LogP contribution in [0.25, 0.3) is 0 Å². The van der Waals surface area contributed by atoms with Crippen LogP contribution in [0.15, 0.2) is 76.5 Å². The zero-order valence-electron chi connectivity index (χ0n) is 23.5. The zero-order chi connectivity index (χ0) is 30.3. The van der Waals surface area contributed by atoms with Crippen LogP contribution in [0.3, 0.4) is 0 Å². The fourth-order valence-electron chi connectivity index (χ4n) is 4.50. The first-order valence-electron chi connectivity index (χ1n) is 13.4. The molecule has 0 aromatic heterocycles. The summed E-state index contributed by atoms with van der Waals surface area (Å²) in [7, 11) is -6.31. The first-order valence-corrected chi connectivity index (χ1v) is 16.7. The van der Waals surface area contributed by atoms with Gasteiger partial charge in [-0.2, -0.15) is 4.31 Å². The van der Waals surface area contributed by atoms with E-state index in [-0.39, 0.29) is 39.4 Å². The van der Waals surface area contributed by atoms with E-state index in [0.29, 0.717) is 18.8 Å². The number of hydrogen-bond acceptors (Lipinski definition) is 7. The molecule has 0 atom stereocenters. The molecule has 3 aromatic carbocycles. The van der Waals surface area contributed by atoms with Crippen LogP contribution >= 0.6 is 11.6 Å². The van der Waals surface area contributed by atoms with Crippen molar-refractivity contribution in [2.24, 2.45) is 0 Å². The summed E-state index contributed by atoms with van der Waals surface area (Å²) in [6.07, 6.45) is 2.74. The van der Waals surface area contributed by atoms with E-state index >= 15 is 0 Å². The number of halogens is 1. The lowest BCUT2D eigenvalue weighted by atomic mass is 10.2. The standard InChI is InChI=1S/C29H34ClN3O7S2/c1-22-6-11-26(12-7-22)42(37,38)33(27-20-23(30)8-15-28(27)39-2)21-29(34)31-16-19-40-24-9-13-25(14-10-24)41(35,36)32-17-4-3-5-18-32/h6-15,20H,3-5,16-19,21H2,1-2H3,(H,31,34). The molecule has 1 fully saturated rings. The number of benzene rings is 3. The van der Waals surface area contributed by atoms with Crippen LogP contribution in [0.4, 0.5) is 5.69 Å². The number of ether oxygens (including phenoxy) is 2. The number of carbonyl (C=O) groups excluding carboxylic acids is 1. The summed E-state index contributed by atoms with van der Waals surface area (Å²) in [6.45, 7) is 2.51. The second-order valence-corrected chi connectivity index (χ2v) is 14.0. The number of carbonyl (C=O) groups is 1. The van der Waals surface area contributed by atoms with Crippen LogP contribution in [0.2, 0.25) is 5.02 Å². The average molecular weight is 636 g/mol. The van der Waals surface area contributed by atoms with Crippen molar-refractivity contribution in [1.82, 2.24) is 9.62 Å². The monoisotopic (exact) mass is 635 g/mol. The third-order valence-electron chi connectivity index (χ3n) is 6.78. The molecule has 13 heteroatoms. The number of anilines is 1. The lowest BCUT2D eigenvalue weighted by Gasteiger charge is -2.26. The lowest BCUT2D eigenvalue weighted by molar-refractivity contribution is -0.119. The van der Waals surface area contributed by atoms with Crippen molar-refractivity contribution in [3.05, 3.63) is 77.3 Å². The molecule has 1 N–H and O–H groups in total. The van der Waals surface area contributed by atoms with Gasteiger partial charge in [0.2, 0.25) is 15.9 Å². The van der Waals surface area contributed by atoms with E-state index < -0.39 is 32.5 Å². The predicted molar refractivity (Wildman–Crippen MR) is 161 cm³/mol. The molecule has 1 amide bonds. The number of nitrogens with one attached hydrogen (secondary N) is 1. The Bertz CT molecular complexity index is 1590. The van der Waals surface area contributed by atoms with E-state index in [9.17, 15) is 21.6 Å². The lowest BCUT2D eigenvalue weighted by Crippen LogP contribution is -2.42. The second kappa shape index (κ2) is 13.8. The van der Waals surface area contributed by atoms with E-state index in [0.717, 1.165) is 29.1 Å². The van der Waals surface area contributed by atoms with Gasteiger partial charge in [0, 0.05) is 18.1 Å². The number of aryl methyl sites for hydroxylation is 1.